The fourth-order valence-electron chi connectivity index (χ4n) is 3.83. The fourth-order valence-corrected chi connectivity index (χ4v) is 3.83. The SMILES string of the molecule is C=CCc1ccc(OC(=O)C(C/C(=C/C)c2ccccc2C)NC(=C)c2cccnc2)c(OC)c1. The highest BCUT2D eigenvalue weighted by Gasteiger charge is 2.25. The lowest BCUT2D eigenvalue weighted by Crippen LogP contribution is -2.38. The van der Waals surface area contributed by atoms with E-state index in [0.29, 0.717) is 30.0 Å². The van der Waals surface area contributed by atoms with E-state index in [-0.39, 0.29) is 0 Å². The quantitative estimate of drug-likeness (QED) is 0.208. The van der Waals surface area contributed by atoms with Crippen molar-refractivity contribution < 1.29 is 14.3 Å². The van der Waals surface area contributed by atoms with E-state index in [4.69, 9.17) is 9.47 Å². The summed E-state index contributed by atoms with van der Waals surface area (Å²) in [6.07, 6.45) is 8.35. The summed E-state index contributed by atoms with van der Waals surface area (Å²) in [5.74, 6) is 0.424. The lowest BCUT2D eigenvalue weighted by molar-refractivity contribution is -0.136. The van der Waals surface area contributed by atoms with Crippen LogP contribution >= 0.6 is 0 Å². The lowest BCUT2D eigenvalue weighted by Gasteiger charge is -2.22. The molecule has 3 rings (SSSR count). The number of rotatable bonds is 11. The number of aryl methyl sites for hydroxylation is 1. The average Bonchev–Trinajstić information content (AvgIpc) is 2.88. The predicted octanol–water partition coefficient (Wildman–Crippen LogP) is 6.16. The van der Waals surface area contributed by atoms with E-state index in [9.17, 15) is 4.79 Å². The Kier molecular flexibility index (Phi) is 9.02. The van der Waals surface area contributed by atoms with Crippen molar-refractivity contribution in [2.24, 2.45) is 0 Å². The van der Waals surface area contributed by atoms with E-state index in [1.54, 1.807) is 25.6 Å². The van der Waals surface area contributed by atoms with Gasteiger partial charge in [-0.1, -0.05) is 49.1 Å². The monoisotopic (exact) mass is 468 g/mol. The Morgan fingerprint density at radius 3 is 2.60 bits per heavy atom. The van der Waals surface area contributed by atoms with E-state index >= 15 is 0 Å². The fraction of sp³-hybridized carbons (Fsp3) is 0.200. The molecule has 180 valence electrons. The van der Waals surface area contributed by atoms with Crippen molar-refractivity contribution in [2.45, 2.75) is 32.7 Å². The highest BCUT2D eigenvalue weighted by atomic mass is 16.6. The number of methoxy groups -OCH3 is 1. The second kappa shape index (κ2) is 12.4. The molecule has 2 aromatic carbocycles. The summed E-state index contributed by atoms with van der Waals surface area (Å²) in [4.78, 5) is 17.6. The van der Waals surface area contributed by atoms with Gasteiger partial charge in [-0.25, -0.2) is 4.79 Å². The number of esters is 1. The molecule has 3 aromatic rings. The van der Waals surface area contributed by atoms with Crippen molar-refractivity contribution in [2.75, 3.05) is 7.11 Å². The van der Waals surface area contributed by atoms with Crippen molar-refractivity contribution in [3.05, 3.63) is 115 Å². The Morgan fingerprint density at radius 1 is 1.14 bits per heavy atom. The number of aromatic nitrogens is 1. The maximum absolute atomic E-state index is 13.5. The summed E-state index contributed by atoms with van der Waals surface area (Å²) in [6.45, 7) is 11.9. The third-order valence-corrected chi connectivity index (χ3v) is 5.73. The van der Waals surface area contributed by atoms with Gasteiger partial charge in [-0.2, -0.15) is 0 Å². The largest absolute Gasteiger partial charge is 0.493 e. The number of benzene rings is 2. The molecular weight excluding hydrogens is 436 g/mol. The van der Waals surface area contributed by atoms with E-state index < -0.39 is 12.0 Å². The Balaban J connectivity index is 1.89. The van der Waals surface area contributed by atoms with Gasteiger partial charge < -0.3 is 14.8 Å². The van der Waals surface area contributed by atoms with Crippen molar-refractivity contribution in [1.82, 2.24) is 10.3 Å². The Hall–Kier alpha value is -4.12. The summed E-state index contributed by atoms with van der Waals surface area (Å²) in [7, 11) is 1.56. The summed E-state index contributed by atoms with van der Waals surface area (Å²) >= 11 is 0. The first-order valence-electron chi connectivity index (χ1n) is 11.5. The Morgan fingerprint density at radius 2 is 1.94 bits per heavy atom. The molecule has 1 N–H and O–H groups in total. The lowest BCUT2D eigenvalue weighted by atomic mass is 9.94. The summed E-state index contributed by atoms with van der Waals surface area (Å²) in [5.41, 5.74) is 5.67. The number of pyridine rings is 1. The van der Waals surface area contributed by atoms with Crippen molar-refractivity contribution in [3.8, 4) is 11.5 Å². The average molecular weight is 469 g/mol. The molecule has 0 saturated heterocycles. The molecule has 0 aliphatic heterocycles. The first-order valence-corrected chi connectivity index (χ1v) is 11.5. The molecule has 0 aliphatic rings. The highest BCUT2D eigenvalue weighted by molar-refractivity contribution is 5.84. The van der Waals surface area contributed by atoms with Crippen molar-refractivity contribution in [1.29, 1.82) is 0 Å². The first-order chi connectivity index (χ1) is 17.0. The second-order valence-electron chi connectivity index (χ2n) is 8.15. The van der Waals surface area contributed by atoms with Gasteiger partial charge in [0.15, 0.2) is 11.5 Å². The molecular formula is C30H32N2O3. The van der Waals surface area contributed by atoms with Crippen LogP contribution in [0.1, 0.15) is 35.6 Å². The highest BCUT2D eigenvalue weighted by Crippen LogP contribution is 2.30. The van der Waals surface area contributed by atoms with E-state index in [1.807, 2.05) is 55.5 Å². The maximum Gasteiger partial charge on any atom is 0.334 e. The number of allylic oxidation sites excluding steroid dienone is 2. The van der Waals surface area contributed by atoms with Gasteiger partial charge in [0.1, 0.15) is 6.04 Å². The number of hydrogen-bond donors (Lipinski definition) is 1. The molecule has 0 amide bonds. The van der Waals surface area contributed by atoms with Crippen LogP contribution in [0.15, 0.2) is 92.3 Å². The number of carbonyl (C=O) groups is 1. The molecule has 1 atom stereocenters. The molecule has 35 heavy (non-hydrogen) atoms. The Bertz CT molecular complexity index is 1220. The van der Waals surface area contributed by atoms with Crippen LogP contribution in [0.25, 0.3) is 11.3 Å². The first kappa shape index (κ1) is 25.5. The van der Waals surface area contributed by atoms with Crippen LogP contribution in [0.5, 0.6) is 11.5 Å². The Labute approximate surface area is 207 Å². The predicted molar refractivity (Wildman–Crippen MR) is 142 cm³/mol. The molecule has 0 bridgehead atoms. The van der Waals surface area contributed by atoms with Crippen LogP contribution in [0, 0.1) is 6.92 Å². The van der Waals surface area contributed by atoms with Gasteiger partial charge in [-0.15, -0.1) is 6.58 Å². The summed E-state index contributed by atoms with van der Waals surface area (Å²) in [5, 5.41) is 3.27. The smallest absolute Gasteiger partial charge is 0.334 e. The van der Waals surface area contributed by atoms with E-state index in [1.165, 1.54) is 0 Å². The van der Waals surface area contributed by atoms with E-state index in [2.05, 4.69) is 42.5 Å². The van der Waals surface area contributed by atoms with Gasteiger partial charge in [0.25, 0.3) is 0 Å². The van der Waals surface area contributed by atoms with Crippen LogP contribution < -0.4 is 14.8 Å². The molecule has 1 aromatic heterocycles. The van der Waals surface area contributed by atoms with Crippen LogP contribution in [0.4, 0.5) is 0 Å². The number of ether oxygens (including phenoxy) is 2. The molecule has 0 spiro atoms. The zero-order valence-corrected chi connectivity index (χ0v) is 20.6. The second-order valence-corrected chi connectivity index (χ2v) is 8.15. The maximum atomic E-state index is 13.5. The van der Waals surface area contributed by atoms with Crippen molar-refractivity contribution in [3.63, 3.8) is 0 Å². The van der Waals surface area contributed by atoms with Crippen LogP contribution in [0.3, 0.4) is 0 Å². The zero-order chi connectivity index (χ0) is 25.2. The summed E-state index contributed by atoms with van der Waals surface area (Å²) in [6, 6.07) is 16.7. The summed E-state index contributed by atoms with van der Waals surface area (Å²) < 4.78 is 11.3. The van der Waals surface area contributed by atoms with Gasteiger partial charge in [-0.05, 0) is 66.8 Å². The number of nitrogens with zero attached hydrogens (tertiary/aromatic N) is 1. The minimum absolute atomic E-state index is 0.363. The minimum atomic E-state index is -0.689. The third kappa shape index (κ3) is 6.70. The van der Waals surface area contributed by atoms with Crippen LogP contribution in [0.2, 0.25) is 0 Å². The van der Waals surface area contributed by atoms with Gasteiger partial charge in [0.2, 0.25) is 0 Å². The molecule has 0 saturated carbocycles. The van der Waals surface area contributed by atoms with Gasteiger partial charge in [-0.3, -0.25) is 4.98 Å². The third-order valence-electron chi connectivity index (χ3n) is 5.73. The van der Waals surface area contributed by atoms with Gasteiger partial charge in [0, 0.05) is 30.1 Å². The normalized spacial score (nSPS) is 11.9. The van der Waals surface area contributed by atoms with E-state index in [0.717, 1.165) is 27.8 Å². The van der Waals surface area contributed by atoms with Gasteiger partial charge >= 0.3 is 5.97 Å². The molecule has 0 aliphatic carbocycles. The number of hydrogen-bond acceptors (Lipinski definition) is 5. The molecule has 5 heteroatoms. The number of nitrogens with one attached hydrogen (secondary N) is 1. The standard InChI is InChI=1S/C30H32N2O3/c1-6-11-23-15-16-28(29(18-23)34-5)35-30(33)27(32-22(4)25-13-10-17-31-20-25)19-24(7-2)26-14-9-8-12-21(26)3/h6-10,12-18,20,27,32H,1,4,11,19H2,2-3,5H3/b24-7-. The van der Waals surface area contributed by atoms with Crippen LogP contribution in [-0.2, 0) is 11.2 Å². The molecule has 0 fully saturated rings. The van der Waals surface area contributed by atoms with Crippen LogP contribution in [-0.4, -0.2) is 24.1 Å². The minimum Gasteiger partial charge on any atom is -0.493 e. The molecule has 1 heterocycles. The molecule has 1 unspecified atom stereocenters. The number of carbonyl (C=O) groups excluding carboxylic acids is 1. The topological polar surface area (TPSA) is 60.5 Å². The van der Waals surface area contributed by atoms with Crippen molar-refractivity contribution >= 4 is 17.2 Å². The zero-order valence-electron chi connectivity index (χ0n) is 20.6. The van der Waals surface area contributed by atoms with Gasteiger partial charge in [0.05, 0.1) is 7.11 Å². The molecule has 5 nitrogen and oxygen atoms in total. The molecule has 0 radical (unpaired) electrons.